The SMILES string of the molecule is CCCCCCSc1nsc(NC(=O)OC)n1. The van der Waals surface area contributed by atoms with E-state index in [0.29, 0.717) is 5.13 Å². The fourth-order valence-corrected chi connectivity index (χ4v) is 2.68. The number of anilines is 1. The first kappa shape index (κ1) is 14.2. The summed E-state index contributed by atoms with van der Waals surface area (Å²) in [5, 5.41) is 3.69. The van der Waals surface area contributed by atoms with Crippen LogP contribution in [0.25, 0.3) is 0 Å². The Bertz CT molecular complexity index is 344. The van der Waals surface area contributed by atoms with Gasteiger partial charge in [0.15, 0.2) is 0 Å². The third kappa shape index (κ3) is 5.88. The zero-order valence-corrected chi connectivity index (χ0v) is 11.7. The van der Waals surface area contributed by atoms with Crippen molar-refractivity contribution in [2.75, 3.05) is 18.2 Å². The molecule has 0 aliphatic carbocycles. The normalized spacial score (nSPS) is 10.2. The molecule has 0 radical (unpaired) electrons. The first-order chi connectivity index (χ1) is 8.26. The highest BCUT2D eigenvalue weighted by molar-refractivity contribution is 7.99. The maximum absolute atomic E-state index is 10.9. The molecule has 1 amide bonds. The number of methoxy groups -OCH3 is 1. The number of unbranched alkanes of at least 4 members (excludes halogenated alkanes) is 3. The monoisotopic (exact) mass is 275 g/mol. The van der Waals surface area contributed by atoms with E-state index in [0.717, 1.165) is 10.9 Å². The second kappa shape index (κ2) is 8.30. The van der Waals surface area contributed by atoms with Crippen molar-refractivity contribution in [1.82, 2.24) is 9.36 Å². The molecule has 1 N–H and O–H groups in total. The van der Waals surface area contributed by atoms with E-state index >= 15 is 0 Å². The number of nitrogens with one attached hydrogen (secondary N) is 1. The molecule has 7 heteroatoms. The molecule has 1 aromatic rings. The minimum absolute atomic E-state index is 0.480. The van der Waals surface area contributed by atoms with Crippen LogP contribution < -0.4 is 5.32 Å². The molecule has 0 fully saturated rings. The molecule has 0 saturated carbocycles. The van der Waals surface area contributed by atoms with Crippen LogP contribution in [-0.4, -0.2) is 28.3 Å². The number of thioether (sulfide) groups is 1. The number of ether oxygens (including phenoxy) is 1. The maximum Gasteiger partial charge on any atom is 0.413 e. The van der Waals surface area contributed by atoms with Gasteiger partial charge in [-0.1, -0.05) is 37.9 Å². The first-order valence-corrected chi connectivity index (χ1v) is 7.33. The van der Waals surface area contributed by atoms with Gasteiger partial charge in [-0.3, -0.25) is 5.32 Å². The molecule has 0 aliphatic heterocycles. The highest BCUT2D eigenvalue weighted by Gasteiger charge is 2.07. The zero-order valence-electron chi connectivity index (χ0n) is 10.1. The fourth-order valence-electron chi connectivity index (χ4n) is 1.15. The van der Waals surface area contributed by atoms with E-state index in [1.807, 2.05) is 0 Å². The van der Waals surface area contributed by atoms with E-state index in [-0.39, 0.29) is 0 Å². The van der Waals surface area contributed by atoms with Crippen molar-refractivity contribution >= 4 is 34.5 Å². The highest BCUT2D eigenvalue weighted by Crippen LogP contribution is 2.21. The van der Waals surface area contributed by atoms with E-state index < -0.39 is 6.09 Å². The molecule has 1 heterocycles. The van der Waals surface area contributed by atoms with Crippen LogP contribution in [0.1, 0.15) is 32.6 Å². The average Bonchev–Trinajstić information content (AvgIpc) is 2.76. The predicted octanol–water partition coefficient (Wildman–Crippen LogP) is 3.39. The maximum atomic E-state index is 10.9. The highest BCUT2D eigenvalue weighted by atomic mass is 32.2. The van der Waals surface area contributed by atoms with E-state index in [2.05, 4.69) is 26.3 Å². The van der Waals surface area contributed by atoms with Crippen LogP contribution >= 0.6 is 23.3 Å². The van der Waals surface area contributed by atoms with Crippen LogP contribution in [0, 0.1) is 0 Å². The third-order valence-electron chi connectivity index (χ3n) is 2.03. The lowest BCUT2D eigenvalue weighted by molar-refractivity contribution is 0.187. The predicted molar refractivity (Wildman–Crippen MR) is 70.8 cm³/mol. The number of amides is 1. The largest absolute Gasteiger partial charge is 0.453 e. The number of carbonyl (C=O) groups is 1. The van der Waals surface area contributed by atoms with Crippen LogP contribution in [0.4, 0.5) is 9.93 Å². The second-order valence-corrected chi connectivity index (χ2v) is 5.22. The van der Waals surface area contributed by atoms with Gasteiger partial charge >= 0.3 is 6.09 Å². The van der Waals surface area contributed by atoms with Gasteiger partial charge in [0.05, 0.1) is 7.11 Å². The lowest BCUT2D eigenvalue weighted by Gasteiger charge is -1.97. The molecule has 0 aliphatic rings. The Kier molecular flexibility index (Phi) is 6.95. The van der Waals surface area contributed by atoms with Crippen molar-refractivity contribution in [2.45, 2.75) is 37.8 Å². The van der Waals surface area contributed by atoms with Gasteiger partial charge in [0, 0.05) is 17.3 Å². The Labute approximate surface area is 110 Å². The molecule has 0 bridgehead atoms. The standard InChI is InChI=1S/C10H17N3O2S2/c1-3-4-5-6-7-16-9-11-8(17-13-9)12-10(14)15-2/h3-7H2,1-2H3,(H,11,12,13,14). The molecule has 5 nitrogen and oxygen atoms in total. The Morgan fingerprint density at radius 1 is 1.47 bits per heavy atom. The summed E-state index contributed by atoms with van der Waals surface area (Å²) in [6.07, 6.45) is 4.44. The lowest BCUT2D eigenvalue weighted by Crippen LogP contribution is -2.10. The minimum atomic E-state index is -0.513. The molecule has 96 valence electrons. The molecule has 17 heavy (non-hydrogen) atoms. The molecule has 0 unspecified atom stereocenters. The average molecular weight is 275 g/mol. The van der Waals surface area contributed by atoms with Gasteiger partial charge in [-0.2, -0.15) is 9.36 Å². The second-order valence-electron chi connectivity index (χ2n) is 3.41. The lowest BCUT2D eigenvalue weighted by atomic mass is 10.2. The van der Waals surface area contributed by atoms with Crippen molar-refractivity contribution in [3.05, 3.63) is 0 Å². The van der Waals surface area contributed by atoms with Gasteiger partial charge in [0.25, 0.3) is 0 Å². The zero-order chi connectivity index (χ0) is 12.5. The Balaban J connectivity index is 2.23. The number of hydrogen-bond donors (Lipinski definition) is 1. The fraction of sp³-hybridized carbons (Fsp3) is 0.700. The molecule has 0 atom stereocenters. The third-order valence-corrected chi connectivity index (χ3v) is 3.71. The minimum Gasteiger partial charge on any atom is -0.453 e. The number of rotatable bonds is 7. The summed E-state index contributed by atoms with van der Waals surface area (Å²) in [5.74, 6) is 1.02. The van der Waals surface area contributed by atoms with Gasteiger partial charge < -0.3 is 4.74 Å². The summed E-state index contributed by atoms with van der Waals surface area (Å²) in [6, 6.07) is 0. The van der Waals surface area contributed by atoms with Gasteiger partial charge in [-0.25, -0.2) is 4.79 Å². The van der Waals surface area contributed by atoms with Gasteiger partial charge in [0.1, 0.15) is 0 Å². The number of nitrogens with zero attached hydrogens (tertiary/aromatic N) is 2. The number of aromatic nitrogens is 2. The molecule has 1 aromatic heterocycles. The van der Waals surface area contributed by atoms with Crippen molar-refractivity contribution < 1.29 is 9.53 Å². The van der Waals surface area contributed by atoms with Crippen molar-refractivity contribution in [1.29, 1.82) is 0 Å². The summed E-state index contributed by atoms with van der Waals surface area (Å²) in [7, 11) is 1.32. The van der Waals surface area contributed by atoms with Crippen LogP contribution in [0.15, 0.2) is 5.16 Å². The quantitative estimate of drug-likeness (QED) is 0.610. The molecule has 0 spiro atoms. The topological polar surface area (TPSA) is 64.1 Å². The number of carbonyl (C=O) groups excluding carboxylic acids is 1. The van der Waals surface area contributed by atoms with Crippen LogP contribution in [0.2, 0.25) is 0 Å². The van der Waals surface area contributed by atoms with Gasteiger partial charge in [0.2, 0.25) is 10.3 Å². The van der Waals surface area contributed by atoms with Gasteiger partial charge in [-0.15, -0.1) is 0 Å². The summed E-state index contributed by atoms with van der Waals surface area (Å²) in [5.41, 5.74) is 0. The molecule has 0 aromatic carbocycles. The van der Waals surface area contributed by atoms with E-state index in [1.165, 1.54) is 44.3 Å². The molecular weight excluding hydrogens is 258 g/mol. The Hall–Kier alpha value is -0.820. The number of hydrogen-bond acceptors (Lipinski definition) is 6. The molecule has 1 rings (SSSR count). The van der Waals surface area contributed by atoms with Crippen molar-refractivity contribution in [2.24, 2.45) is 0 Å². The van der Waals surface area contributed by atoms with Crippen molar-refractivity contribution in [3.8, 4) is 0 Å². The van der Waals surface area contributed by atoms with E-state index in [4.69, 9.17) is 0 Å². The summed E-state index contributed by atoms with van der Waals surface area (Å²) in [4.78, 5) is 15.1. The van der Waals surface area contributed by atoms with E-state index in [1.54, 1.807) is 11.8 Å². The van der Waals surface area contributed by atoms with Crippen LogP contribution in [-0.2, 0) is 4.74 Å². The summed E-state index contributed by atoms with van der Waals surface area (Å²) in [6.45, 7) is 2.19. The Morgan fingerprint density at radius 2 is 2.29 bits per heavy atom. The smallest absolute Gasteiger partial charge is 0.413 e. The van der Waals surface area contributed by atoms with E-state index in [9.17, 15) is 4.79 Å². The first-order valence-electron chi connectivity index (χ1n) is 5.57. The summed E-state index contributed by atoms with van der Waals surface area (Å²) >= 11 is 2.79. The Morgan fingerprint density at radius 3 is 3.00 bits per heavy atom. The van der Waals surface area contributed by atoms with Gasteiger partial charge in [-0.05, 0) is 6.42 Å². The van der Waals surface area contributed by atoms with Crippen LogP contribution in [0.5, 0.6) is 0 Å². The molecule has 0 saturated heterocycles. The van der Waals surface area contributed by atoms with Crippen molar-refractivity contribution in [3.63, 3.8) is 0 Å². The summed E-state index contributed by atoms with van der Waals surface area (Å²) < 4.78 is 8.62. The van der Waals surface area contributed by atoms with Crippen LogP contribution in [0.3, 0.4) is 0 Å². The molecular formula is C10H17N3O2S2.